The Morgan fingerprint density at radius 1 is 1.09 bits per heavy atom. The van der Waals surface area contributed by atoms with E-state index >= 15 is 0 Å². The number of hydrogen-bond donors (Lipinski definition) is 0. The van der Waals surface area contributed by atoms with Gasteiger partial charge >= 0.3 is 0 Å². The summed E-state index contributed by atoms with van der Waals surface area (Å²) >= 11 is 3.26. The molecule has 170 valence electrons. The van der Waals surface area contributed by atoms with Gasteiger partial charge < -0.3 is 4.42 Å². The van der Waals surface area contributed by atoms with E-state index < -0.39 is 0 Å². The van der Waals surface area contributed by atoms with E-state index in [0.29, 0.717) is 16.9 Å². The number of nitrogens with zero attached hydrogens (tertiary/aromatic N) is 5. The molecule has 1 aliphatic rings. The van der Waals surface area contributed by atoms with Crippen molar-refractivity contribution in [1.29, 1.82) is 0 Å². The Kier molecular flexibility index (Phi) is 6.57. The second kappa shape index (κ2) is 9.75. The summed E-state index contributed by atoms with van der Waals surface area (Å²) in [7, 11) is 4.06. The second-order valence-corrected chi connectivity index (χ2v) is 10.4. The van der Waals surface area contributed by atoms with Crippen molar-refractivity contribution >= 4 is 45.5 Å². The Morgan fingerprint density at radius 2 is 1.91 bits per heavy atom. The molecule has 1 unspecified atom stereocenters. The topological polar surface area (TPSA) is 67.9 Å². The van der Waals surface area contributed by atoms with Gasteiger partial charge in [0.05, 0.1) is 6.04 Å². The number of fused-ring (bicyclic) bond motifs is 3. The molecule has 0 aliphatic heterocycles. The average molecular weight is 478 g/mol. The van der Waals surface area contributed by atoms with E-state index in [-0.39, 0.29) is 6.04 Å². The summed E-state index contributed by atoms with van der Waals surface area (Å²) in [6.45, 7) is 2.12. The van der Waals surface area contributed by atoms with Crippen LogP contribution in [0.25, 0.3) is 22.4 Å². The van der Waals surface area contributed by atoms with Crippen LogP contribution in [0.3, 0.4) is 0 Å². The Labute approximate surface area is 202 Å². The molecule has 0 saturated heterocycles. The average Bonchev–Trinajstić information content (AvgIpc) is 3.43. The predicted molar refractivity (Wildman–Crippen MR) is 135 cm³/mol. The Balaban J connectivity index is 1.54. The maximum Gasteiger partial charge on any atom is 0.283 e. The minimum absolute atomic E-state index is 0.107. The molecule has 0 bridgehead atoms. The highest BCUT2D eigenvalue weighted by Gasteiger charge is 2.24. The third kappa shape index (κ3) is 4.74. The highest BCUT2D eigenvalue weighted by atomic mass is 32.2. The molecule has 0 radical (unpaired) electrons. The van der Waals surface area contributed by atoms with Crippen LogP contribution in [0.2, 0.25) is 0 Å². The SMILES string of the molecule is CCC(c1nnc(Sc2nc(C=Cc3ccccc3)nc3sc4c(c23)CCCC4)o1)N(C)C. The lowest BCUT2D eigenvalue weighted by molar-refractivity contribution is 0.233. The van der Waals surface area contributed by atoms with Crippen molar-refractivity contribution < 1.29 is 4.42 Å². The fourth-order valence-electron chi connectivity index (χ4n) is 4.26. The van der Waals surface area contributed by atoms with Gasteiger partial charge in [0.2, 0.25) is 5.89 Å². The van der Waals surface area contributed by atoms with Crippen molar-refractivity contribution in [2.24, 2.45) is 0 Å². The molecular formula is C25H27N5OS2. The molecule has 0 spiro atoms. The van der Waals surface area contributed by atoms with Gasteiger partial charge in [-0.15, -0.1) is 21.5 Å². The van der Waals surface area contributed by atoms with Crippen molar-refractivity contribution in [3.8, 4) is 0 Å². The van der Waals surface area contributed by atoms with Crippen LogP contribution in [0.5, 0.6) is 0 Å². The Morgan fingerprint density at radius 3 is 2.70 bits per heavy atom. The van der Waals surface area contributed by atoms with Crippen LogP contribution in [-0.2, 0) is 12.8 Å². The van der Waals surface area contributed by atoms with Gasteiger partial charge in [-0.05, 0) is 75.2 Å². The first-order valence-corrected chi connectivity index (χ1v) is 13.0. The van der Waals surface area contributed by atoms with Gasteiger partial charge in [0.15, 0.2) is 5.82 Å². The largest absolute Gasteiger partial charge is 0.414 e. The highest BCUT2D eigenvalue weighted by molar-refractivity contribution is 7.99. The van der Waals surface area contributed by atoms with Gasteiger partial charge in [0.1, 0.15) is 9.86 Å². The molecule has 8 heteroatoms. The van der Waals surface area contributed by atoms with Gasteiger partial charge in [-0.2, -0.15) is 0 Å². The van der Waals surface area contributed by atoms with Gasteiger partial charge in [0.25, 0.3) is 5.22 Å². The van der Waals surface area contributed by atoms with Crippen LogP contribution >= 0.6 is 23.1 Å². The zero-order chi connectivity index (χ0) is 22.8. The van der Waals surface area contributed by atoms with Crippen molar-refractivity contribution in [3.05, 3.63) is 58.1 Å². The quantitative estimate of drug-likeness (QED) is 0.290. The van der Waals surface area contributed by atoms with E-state index in [2.05, 4.69) is 40.2 Å². The molecule has 5 rings (SSSR count). The molecule has 0 amide bonds. The first kappa shape index (κ1) is 22.3. The van der Waals surface area contributed by atoms with Crippen LogP contribution < -0.4 is 0 Å². The first-order chi connectivity index (χ1) is 16.1. The summed E-state index contributed by atoms with van der Waals surface area (Å²) in [6, 6.07) is 10.3. The Bertz CT molecular complexity index is 1280. The third-order valence-corrected chi connectivity index (χ3v) is 7.94. The summed E-state index contributed by atoms with van der Waals surface area (Å²) in [4.78, 5) is 14.4. The predicted octanol–water partition coefficient (Wildman–Crippen LogP) is 6.29. The maximum atomic E-state index is 6.06. The van der Waals surface area contributed by atoms with Crippen molar-refractivity contribution in [1.82, 2.24) is 25.1 Å². The molecule has 1 aliphatic carbocycles. The minimum atomic E-state index is 0.107. The van der Waals surface area contributed by atoms with Crippen molar-refractivity contribution in [2.45, 2.75) is 55.3 Å². The zero-order valence-corrected chi connectivity index (χ0v) is 20.7. The molecule has 0 fully saturated rings. The minimum Gasteiger partial charge on any atom is -0.414 e. The molecular weight excluding hydrogens is 450 g/mol. The zero-order valence-electron chi connectivity index (χ0n) is 19.1. The second-order valence-electron chi connectivity index (χ2n) is 8.42. The molecule has 1 aromatic carbocycles. The first-order valence-electron chi connectivity index (χ1n) is 11.4. The van der Waals surface area contributed by atoms with E-state index in [1.54, 1.807) is 11.3 Å². The monoisotopic (exact) mass is 477 g/mol. The van der Waals surface area contributed by atoms with E-state index in [0.717, 1.165) is 40.1 Å². The number of hydrogen-bond acceptors (Lipinski definition) is 8. The molecule has 6 nitrogen and oxygen atoms in total. The van der Waals surface area contributed by atoms with Crippen molar-refractivity contribution in [3.63, 3.8) is 0 Å². The lowest BCUT2D eigenvalue weighted by Crippen LogP contribution is -2.19. The van der Waals surface area contributed by atoms with Crippen LogP contribution in [0.4, 0.5) is 0 Å². The summed E-state index contributed by atoms with van der Waals surface area (Å²) in [5, 5.41) is 11.3. The third-order valence-electron chi connectivity index (χ3n) is 5.92. The number of rotatable bonds is 7. The van der Waals surface area contributed by atoms with Crippen LogP contribution in [0.15, 0.2) is 45.0 Å². The fraction of sp³-hybridized carbons (Fsp3) is 0.360. The van der Waals surface area contributed by atoms with E-state index in [9.17, 15) is 0 Å². The van der Waals surface area contributed by atoms with E-state index in [4.69, 9.17) is 14.4 Å². The lowest BCUT2D eigenvalue weighted by atomic mass is 9.97. The molecule has 3 heterocycles. The van der Waals surface area contributed by atoms with Gasteiger partial charge in [-0.1, -0.05) is 43.3 Å². The molecule has 33 heavy (non-hydrogen) atoms. The number of aromatic nitrogens is 4. The van der Waals surface area contributed by atoms with Crippen molar-refractivity contribution in [2.75, 3.05) is 14.1 Å². The molecule has 0 saturated carbocycles. The number of thiophene rings is 1. The summed E-state index contributed by atoms with van der Waals surface area (Å²) in [5.74, 6) is 1.35. The van der Waals surface area contributed by atoms with Crippen LogP contribution in [0, 0.1) is 0 Å². The smallest absolute Gasteiger partial charge is 0.283 e. The van der Waals surface area contributed by atoms with E-state index in [1.165, 1.54) is 35.0 Å². The fourth-order valence-corrected chi connectivity index (χ4v) is 6.43. The number of benzene rings is 1. The highest BCUT2D eigenvalue weighted by Crippen LogP contribution is 2.41. The van der Waals surface area contributed by atoms with Crippen LogP contribution in [-0.4, -0.2) is 39.2 Å². The number of aryl methyl sites for hydroxylation is 2. The van der Waals surface area contributed by atoms with Gasteiger partial charge in [-0.25, -0.2) is 9.97 Å². The molecule has 3 aromatic heterocycles. The molecule has 1 atom stereocenters. The van der Waals surface area contributed by atoms with Crippen LogP contribution in [0.1, 0.15) is 59.9 Å². The maximum absolute atomic E-state index is 6.06. The lowest BCUT2D eigenvalue weighted by Gasteiger charge is -2.18. The Hall–Kier alpha value is -2.55. The standard InChI is InChI=1S/C25H27N5OS2/c1-4-18(30(2)3)22-28-29-25(31-22)33-24-21-17-12-8-9-13-19(17)32-23(21)26-20(27-24)15-14-16-10-6-5-7-11-16/h5-7,10-11,14-15,18H,4,8-9,12-13H2,1-3H3. The molecule has 4 aromatic rings. The summed E-state index contributed by atoms with van der Waals surface area (Å²) < 4.78 is 6.06. The normalized spacial score (nSPS) is 14.9. The van der Waals surface area contributed by atoms with Gasteiger partial charge in [0, 0.05) is 10.3 Å². The molecule has 0 N–H and O–H groups in total. The summed E-state index contributed by atoms with van der Waals surface area (Å²) in [6.07, 6.45) is 9.60. The van der Waals surface area contributed by atoms with E-state index in [1.807, 2.05) is 38.4 Å². The van der Waals surface area contributed by atoms with Gasteiger partial charge in [-0.3, -0.25) is 4.90 Å². The summed E-state index contributed by atoms with van der Waals surface area (Å²) in [5.41, 5.74) is 2.53.